The molecule has 152 valence electrons. The summed E-state index contributed by atoms with van der Waals surface area (Å²) < 4.78 is 1.71. The van der Waals surface area contributed by atoms with Crippen LogP contribution in [0.15, 0.2) is 82.6 Å². The summed E-state index contributed by atoms with van der Waals surface area (Å²) in [4.78, 5) is 25.3. The number of aliphatic hydroxyl groups is 1. The predicted octanol–water partition coefficient (Wildman–Crippen LogP) is 3.52. The van der Waals surface area contributed by atoms with Crippen LogP contribution in [0.4, 0.5) is 0 Å². The molecule has 2 unspecified atom stereocenters. The van der Waals surface area contributed by atoms with Gasteiger partial charge in [-0.1, -0.05) is 48.6 Å². The predicted molar refractivity (Wildman–Crippen MR) is 124 cm³/mol. The van der Waals surface area contributed by atoms with E-state index in [0.29, 0.717) is 11.0 Å². The average Bonchev–Trinajstić information content (AvgIpc) is 3.40. The maximum Gasteiger partial charge on any atom is 0.264 e. The number of nitrogens with zero attached hydrogens (tertiary/aromatic N) is 4. The van der Waals surface area contributed by atoms with E-state index in [1.54, 1.807) is 4.40 Å². The van der Waals surface area contributed by atoms with Crippen molar-refractivity contribution in [3.05, 3.63) is 94.3 Å². The normalized spacial score (nSPS) is 23.5. The highest BCUT2D eigenvalue weighted by atomic mass is 16.3. The molecule has 3 atom stereocenters. The maximum absolute atomic E-state index is 13.6. The zero-order chi connectivity index (χ0) is 21.1. The van der Waals surface area contributed by atoms with E-state index in [4.69, 9.17) is 9.98 Å². The van der Waals surface area contributed by atoms with Crippen molar-refractivity contribution in [2.45, 2.75) is 18.3 Å². The molecule has 0 saturated carbocycles. The molecule has 0 saturated heterocycles. The minimum absolute atomic E-state index is 0.00807. The second-order valence-electron chi connectivity index (χ2n) is 8.66. The van der Waals surface area contributed by atoms with Gasteiger partial charge in [0.15, 0.2) is 6.23 Å². The molecule has 0 spiro atoms. The van der Waals surface area contributed by atoms with Gasteiger partial charge in [-0.15, -0.1) is 0 Å². The van der Waals surface area contributed by atoms with Crippen molar-refractivity contribution in [1.29, 1.82) is 0 Å². The minimum atomic E-state index is -0.826. The molecule has 0 fully saturated rings. The highest BCUT2D eigenvalue weighted by molar-refractivity contribution is 6.24. The Morgan fingerprint density at radius 3 is 2.69 bits per heavy atom. The lowest BCUT2D eigenvalue weighted by Gasteiger charge is -2.37. The Balaban J connectivity index is 1.55. The van der Waals surface area contributed by atoms with Crippen LogP contribution in [-0.2, 0) is 0 Å². The second-order valence-corrected chi connectivity index (χ2v) is 8.66. The number of imidazole rings is 1. The number of benzene rings is 3. The van der Waals surface area contributed by atoms with E-state index in [-0.39, 0.29) is 17.6 Å². The zero-order valence-electron chi connectivity index (χ0n) is 16.8. The first-order valence-corrected chi connectivity index (χ1v) is 10.7. The lowest BCUT2D eigenvalue weighted by molar-refractivity contribution is 0.0418. The average molecular weight is 416 g/mol. The van der Waals surface area contributed by atoms with E-state index >= 15 is 0 Å². The van der Waals surface area contributed by atoms with Crippen molar-refractivity contribution in [3.8, 4) is 0 Å². The van der Waals surface area contributed by atoms with Crippen molar-refractivity contribution in [3.63, 3.8) is 0 Å². The van der Waals surface area contributed by atoms with E-state index < -0.39 is 6.23 Å². The highest BCUT2D eigenvalue weighted by Crippen LogP contribution is 2.44. The van der Waals surface area contributed by atoms with Gasteiger partial charge in [0, 0.05) is 32.7 Å². The topological polar surface area (TPSA) is 70.2 Å². The molecule has 0 radical (unpaired) electrons. The summed E-state index contributed by atoms with van der Waals surface area (Å²) in [5.74, 6) is 0.784. The lowest BCUT2D eigenvalue weighted by Crippen LogP contribution is -2.43. The highest BCUT2D eigenvalue weighted by Gasteiger charge is 2.43. The van der Waals surface area contributed by atoms with E-state index in [1.807, 2.05) is 65.6 Å². The summed E-state index contributed by atoms with van der Waals surface area (Å²) in [6.45, 7) is 0. The molecule has 1 aliphatic carbocycles. The molecular formula is C26H16N4O2. The Morgan fingerprint density at radius 2 is 1.75 bits per heavy atom. The van der Waals surface area contributed by atoms with Crippen molar-refractivity contribution < 1.29 is 5.11 Å². The van der Waals surface area contributed by atoms with Crippen molar-refractivity contribution >= 4 is 44.1 Å². The summed E-state index contributed by atoms with van der Waals surface area (Å²) in [5, 5.41) is 14.7. The summed E-state index contributed by atoms with van der Waals surface area (Å²) in [5.41, 5.74) is 3.93. The summed E-state index contributed by atoms with van der Waals surface area (Å²) in [6.07, 6.45) is 7.34. The number of fused-ring (bicyclic) bond motifs is 8. The number of allylic oxidation sites excluding steroid dienone is 2. The van der Waals surface area contributed by atoms with E-state index in [9.17, 15) is 9.90 Å². The second kappa shape index (κ2) is 5.41. The van der Waals surface area contributed by atoms with Gasteiger partial charge in [-0.25, -0.2) is 4.98 Å². The number of hydrogen-bond acceptors (Lipinski definition) is 5. The summed E-state index contributed by atoms with van der Waals surface area (Å²) >= 11 is 0. The number of para-hydroxylation sites is 2. The number of hydrogen-bond donors (Lipinski definition) is 1. The number of aromatic nitrogens is 2. The van der Waals surface area contributed by atoms with Gasteiger partial charge in [0.05, 0.1) is 23.1 Å². The molecule has 1 N–H and O–H groups in total. The first kappa shape index (κ1) is 16.6. The van der Waals surface area contributed by atoms with Crippen LogP contribution in [0, 0.1) is 0 Å². The SMILES string of the molecule is O=c1c2ccc3c4c(ccc(c42)c2nc4ccccc4n12)C(O)N1C3=N[C@H]2C=CC=CC21. The number of rotatable bonds is 0. The van der Waals surface area contributed by atoms with E-state index in [0.717, 1.165) is 44.2 Å². The summed E-state index contributed by atoms with van der Waals surface area (Å²) in [6, 6.07) is 15.5. The number of aliphatic imine (C=N–C) groups is 1. The third-order valence-electron chi connectivity index (χ3n) is 7.13. The standard InChI is InChI=1S/C26H16N4O2/c31-25-15-12-10-14-22-16(26(32)30-20-8-4-2-6-18(20)28-24(14)30)11-9-13(21(15)22)23-27-17-5-1-3-7-19(17)29(23)25/h1-12,17,19,25,31H/t17-,19?,25?/m0/s1. The largest absolute Gasteiger partial charge is 0.369 e. The third-order valence-corrected chi connectivity index (χ3v) is 7.13. The lowest BCUT2D eigenvalue weighted by atomic mass is 9.89. The first-order valence-electron chi connectivity index (χ1n) is 10.7. The molecule has 2 aromatic heterocycles. The van der Waals surface area contributed by atoms with Gasteiger partial charge < -0.3 is 10.0 Å². The van der Waals surface area contributed by atoms with Crippen LogP contribution in [0.3, 0.4) is 0 Å². The van der Waals surface area contributed by atoms with Gasteiger partial charge in [0.1, 0.15) is 11.5 Å². The minimum Gasteiger partial charge on any atom is -0.369 e. The van der Waals surface area contributed by atoms with Crippen LogP contribution in [-0.4, -0.2) is 37.3 Å². The van der Waals surface area contributed by atoms with Gasteiger partial charge in [0.25, 0.3) is 5.56 Å². The van der Waals surface area contributed by atoms with E-state index in [2.05, 4.69) is 12.2 Å². The molecule has 5 aromatic rings. The Bertz CT molecular complexity index is 1800. The molecule has 32 heavy (non-hydrogen) atoms. The molecule has 6 heteroatoms. The Kier molecular flexibility index (Phi) is 2.81. The smallest absolute Gasteiger partial charge is 0.264 e. The molecule has 3 aliphatic rings. The van der Waals surface area contributed by atoms with Crippen molar-refractivity contribution in [2.75, 3.05) is 0 Å². The molecule has 4 heterocycles. The Labute approximate surface area is 181 Å². The van der Waals surface area contributed by atoms with Crippen LogP contribution in [0.1, 0.15) is 17.4 Å². The molecule has 6 nitrogen and oxygen atoms in total. The molecule has 2 aliphatic heterocycles. The fourth-order valence-corrected chi connectivity index (χ4v) is 5.77. The van der Waals surface area contributed by atoms with Gasteiger partial charge in [-0.3, -0.25) is 14.2 Å². The van der Waals surface area contributed by atoms with Gasteiger partial charge in [0.2, 0.25) is 0 Å². The molecule has 8 rings (SSSR count). The van der Waals surface area contributed by atoms with Crippen molar-refractivity contribution in [1.82, 2.24) is 14.3 Å². The van der Waals surface area contributed by atoms with Gasteiger partial charge >= 0.3 is 0 Å². The van der Waals surface area contributed by atoms with Gasteiger partial charge in [-0.2, -0.15) is 0 Å². The summed E-state index contributed by atoms with van der Waals surface area (Å²) in [7, 11) is 0. The third kappa shape index (κ3) is 1.76. The van der Waals surface area contributed by atoms with Crippen LogP contribution in [0.25, 0.3) is 38.2 Å². The van der Waals surface area contributed by atoms with Gasteiger partial charge in [-0.05, 0) is 24.3 Å². The maximum atomic E-state index is 13.6. The van der Waals surface area contributed by atoms with Crippen LogP contribution < -0.4 is 5.56 Å². The monoisotopic (exact) mass is 416 g/mol. The van der Waals surface area contributed by atoms with E-state index in [1.165, 1.54) is 0 Å². The number of aliphatic hydroxyl groups excluding tert-OH is 1. The quantitative estimate of drug-likeness (QED) is 0.419. The van der Waals surface area contributed by atoms with Crippen LogP contribution >= 0.6 is 0 Å². The van der Waals surface area contributed by atoms with Crippen molar-refractivity contribution in [2.24, 2.45) is 4.99 Å². The number of pyridine rings is 1. The molecule has 0 amide bonds. The first-order chi connectivity index (χ1) is 15.7. The molecule has 0 bridgehead atoms. The Morgan fingerprint density at radius 1 is 0.906 bits per heavy atom. The fraction of sp³-hybridized carbons (Fsp3) is 0.115. The number of amidine groups is 1. The van der Waals surface area contributed by atoms with Crippen LogP contribution in [0.2, 0.25) is 0 Å². The molecular weight excluding hydrogens is 400 g/mol. The molecule has 3 aromatic carbocycles. The fourth-order valence-electron chi connectivity index (χ4n) is 5.77. The Hall–Kier alpha value is -4.03. The van der Waals surface area contributed by atoms with Crippen LogP contribution in [0.5, 0.6) is 0 Å². The zero-order valence-corrected chi connectivity index (χ0v) is 16.8.